The van der Waals surface area contributed by atoms with Gasteiger partial charge in [-0.25, -0.2) is 0 Å². The Morgan fingerprint density at radius 2 is 2.12 bits per heavy atom. The van der Waals surface area contributed by atoms with E-state index in [1.54, 1.807) is 12.1 Å². The molecule has 1 aromatic carbocycles. The smallest absolute Gasteiger partial charge is 0.118 e. The molecule has 1 unspecified atom stereocenters. The molecule has 1 aliphatic heterocycles. The molecule has 0 aliphatic carbocycles. The average molecular weight is 222 g/mol. The maximum Gasteiger partial charge on any atom is 0.118 e. The summed E-state index contributed by atoms with van der Waals surface area (Å²) in [6, 6.07) is 5.28. The van der Waals surface area contributed by atoms with E-state index in [4.69, 9.17) is 4.74 Å². The average Bonchev–Trinajstić information content (AvgIpc) is 2.19. The molecule has 88 valence electrons. The highest BCUT2D eigenvalue weighted by Gasteiger charge is 2.41. The molecule has 0 radical (unpaired) electrons. The van der Waals surface area contributed by atoms with E-state index in [2.05, 4.69) is 13.8 Å². The van der Waals surface area contributed by atoms with Crippen molar-refractivity contribution in [2.45, 2.75) is 31.8 Å². The van der Waals surface area contributed by atoms with Crippen molar-refractivity contribution in [2.24, 2.45) is 0 Å². The van der Waals surface area contributed by atoms with Gasteiger partial charge in [-0.1, -0.05) is 19.9 Å². The van der Waals surface area contributed by atoms with Crippen LogP contribution in [0.3, 0.4) is 0 Å². The molecule has 1 saturated heterocycles. The van der Waals surface area contributed by atoms with E-state index in [0.717, 1.165) is 17.5 Å². The van der Waals surface area contributed by atoms with Gasteiger partial charge in [0, 0.05) is 6.42 Å². The number of aliphatic hydroxyl groups is 1. The second-order valence-electron chi connectivity index (χ2n) is 4.68. The van der Waals surface area contributed by atoms with Crippen LogP contribution in [0.1, 0.15) is 37.3 Å². The Kier molecular flexibility index (Phi) is 2.91. The third-order valence-electron chi connectivity index (χ3n) is 3.29. The molecule has 16 heavy (non-hydrogen) atoms. The first kappa shape index (κ1) is 11.4. The van der Waals surface area contributed by atoms with Crippen molar-refractivity contribution in [1.29, 1.82) is 0 Å². The van der Waals surface area contributed by atoms with Gasteiger partial charge in [0.1, 0.15) is 11.4 Å². The molecule has 1 aliphatic rings. The highest BCUT2D eigenvalue weighted by Crippen LogP contribution is 2.41. The predicted molar refractivity (Wildman–Crippen MR) is 61.5 cm³/mol. The van der Waals surface area contributed by atoms with Gasteiger partial charge >= 0.3 is 0 Å². The minimum atomic E-state index is -0.534. The summed E-state index contributed by atoms with van der Waals surface area (Å²) in [7, 11) is 0. The summed E-state index contributed by atoms with van der Waals surface area (Å²) < 4.78 is 5.55. The third-order valence-corrected chi connectivity index (χ3v) is 3.29. The zero-order chi connectivity index (χ0) is 11.8. The summed E-state index contributed by atoms with van der Waals surface area (Å²) in [6.07, 6.45) is 0.841. The van der Waals surface area contributed by atoms with Crippen molar-refractivity contribution >= 4 is 0 Å². The van der Waals surface area contributed by atoms with Crippen LogP contribution < -0.4 is 0 Å². The Morgan fingerprint density at radius 3 is 2.56 bits per heavy atom. The van der Waals surface area contributed by atoms with Crippen LogP contribution in [0.2, 0.25) is 0 Å². The van der Waals surface area contributed by atoms with Gasteiger partial charge in [-0.15, -0.1) is 0 Å². The van der Waals surface area contributed by atoms with E-state index in [1.807, 2.05) is 6.07 Å². The van der Waals surface area contributed by atoms with E-state index in [1.165, 1.54) is 0 Å². The number of ether oxygens (including phenoxy) is 1. The van der Waals surface area contributed by atoms with Crippen LogP contribution in [-0.4, -0.2) is 23.4 Å². The summed E-state index contributed by atoms with van der Waals surface area (Å²) in [6.45, 7) is 4.83. The van der Waals surface area contributed by atoms with Crippen LogP contribution in [0.25, 0.3) is 0 Å². The van der Waals surface area contributed by atoms with Gasteiger partial charge in [-0.3, -0.25) is 0 Å². The standard InChI is InChI=1S/C13H18O3/c1-9(2)11-7-10(15)3-4-12(11)13(8-14)5-6-16-13/h3-4,7,9,14-15H,5-6,8H2,1-2H3. The molecular formula is C13H18O3. The molecule has 1 fully saturated rings. The second-order valence-corrected chi connectivity index (χ2v) is 4.68. The number of aliphatic hydroxyl groups excluding tert-OH is 1. The van der Waals surface area contributed by atoms with Crippen LogP contribution in [0.5, 0.6) is 5.75 Å². The molecule has 1 heterocycles. The van der Waals surface area contributed by atoms with Gasteiger partial charge in [0.15, 0.2) is 0 Å². The maximum absolute atomic E-state index is 9.51. The largest absolute Gasteiger partial charge is 0.508 e. The van der Waals surface area contributed by atoms with Gasteiger partial charge in [0.25, 0.3) is 0 Å². The lowest BCUT2D eigenvalue weighted by atomic mass is 9.81. The molecule has 2 N–H and O–H groups in total. The van der Waals surface area contributed by atoms with E-state index in [9.17, 15) is 10.2 Å². The Balaban J connectivity index is 2.47. The Labute approximate surface area is 95.7 Å². The van der Waals surface area contributed by atoms with E-state index < -0.39 is 5.60 Å². The van der Waals surface area contributed by atoms with Gasteiger partial charge in [-0.05, 0) is 29.2 Å². The summed E-state index contributed by atoms with van der Waals surface area (Å²) in [5.41, 5.74) is 1.52. The van der Waals surface area contributed by atoms with Crippen LogP contribution in [0, 0.1) is 0 Å². The van der Waals surface area contributed by atoms with Crippen molar-refractivity contribution < 1.29 is 14.9 Å². The maximum atomic E-state index is 9.51. The minimum Gasteiger partial charge on any atom is -0.508 e. The molecule has 0 bridgehead atoms. The van der Waals surface area contributed by atoms with Gasteiger partial charge < -0.3 is 14.9 Å². The summed E-state index contributed by atoms with van der Waals surface area (Å²) >= 11 is 0. The Morgan fingerprint density at radius 1 is 1.44 bits per heavy atom. The molecule has 3 heteroatoms. The first-order valence-corrected chi connectivity index (χ1v) is 5.67. The highest BCUT2D eigenvalue weighted by atomic mass is 16.5. The van der Waals surface area contributed by atoms with Crippen molar-refractivity contribution in [3.8, 4) is 5.75 Å². The SMILES string of the molecule is CC(C)c1cc(O)ccc1C1(CO)CCO1. The fourth-order valence-corrected chi connectivity index (χ4v) is 2.21. The molecule has 0 spiro atoms. The Bertz CT molecular complexity index is 375. The molecule has 0 aromatic heterocycles. The summed E-state index contributed by atoms with van der Waals surface area (Å²) in [5.74, 6) is 0.564. The van der Waals surface area contributed by atoms with Crippen molar-refractivity contribution in [2.75, 3.05) is 13.2 Å². The molecule has 1 aromatic rings. The first-order chi connectivity index (χ1) is 7.59. The van der Waals surface area contributed by atoms with E-state index in [0.29, 0.717) is 12.5 Å². The second kappa shape index (κ2) is 4.07. The van der Waals surface area contributed by atoms with Gasteiger partial charge in [0.05, 0.1) is 13.2 Å². The lowest BCUT2D eigenvalue weighted by molar-refractivity contribution is -0.178. The Hall–Kier alpha value is -1.06. The van der Waals surface area contributed by atoms with E-state index in [-0.39, 0.29) is 12.4 Å². The molecule has 1 atom stereocenters. The van der Waals surface area contributed by atoms with Crippen molar-refractivity contribution in [1.82, 2.24) is 0 Å². The zero-order valence-electron chi connectivity index (χ0n) is 9.73. The van der Waals surface area contributed by atoms with Gasteiger partial charge in [-0.2, -0.15) is 0 Å². The predicted octanol–water partition coefficient (Wildman–Crippen LogP) is 2.12. The molecular weight excluding hydrogens is 204 g/mol. The summed E-state index contributed by atoms with van der Waals surface area (Å²) in [4.78, 5) is 0. The minimum absolute atomic E-state index is 0.00248. The van der Waals surface area contributed by atoms with Crippen molar-refractivity contribution in [3.05, 3.63) is 29.3 Å². The van der Waals surface area contributed by atoms with E-state index >= 15 is 0 Å². The number of phenols is 1. The summed E-state index contributed by atoms with van der Waals surface area (Å²) in [5, 5.41) is 19.0. The zero-order valence-corrected chi connectivity index (χ0v) is 9.73. The molecule has 2 rings (SSSR count). The van der Waals surface area contributed by atoms with Crippen LogP contribution in [-0.2, 0) is 10.3 Å². The fraction of sp³-hybridized carbons (Fsp3) is 0.538. The lowest BCUT2D eigenvalue weighted by Crippen LogP contribution is -2.44. The normalized spacial score (nSPS) is 24.5. The monoisotopic (exact) mass is 222 g/mol. The topological polar surface area (TPSA) is 49.7 Å². The molecule has 0 saturated carbocycles. The lowest BCUT2D eigenvalue weighted by Gasteiger charge is -2.42. The fourth-order valence-electron chi connectivity index (χ4n) is 2.21. The molecule has 3 nitrogen and oxygen atoms in total. The third kappa shape index (κ3) is 1.70. The van der Waals surface area contributed by atoms with Crippen LogP contribution >= 0.6 is 0 Å². The number of rotatable bonds is 3. The van der Waals surface area contributed by atoms with Crippen molar-refractivity contribution in [3.63, 3.8) is 0 Å². The number of benzene rings is 1. The number of phenolic OH excluding ortho intramolecular Hbond substituents is 1. The highest BCUT2D eigenvalue weighted by molar-refractivity contribution is 5.41. The first-order valence-electron chi connectivity index (χ1n) is 5.67. The van der Waals surface area contributed by atoms with Gasteiger partial charge in [0.2, 0.25) is 0 Å². The number of aromatic hydroxyl groups is 1. The number of hydrogen-bond donors (Lipinski definition) is 2. The quantitative estimate of drug-likeness (QED) is 0.823. The van der Waals surface area contributed by atoms with Crippen LogP contribution in [0.4, 0.5) is 0 Å². The van der Waals surface area contributed by atoms with Crippen LogP contribution in [0.15, 0.2) is 18.2 Å². The number of hydrogen-bond acceptors (Lipinski definition) is 3. The molecule has 0 amide bonds.